The Morgan fingerprint density at radius 3 is 1.92 bits per heavy atom. The van der Waals surface area contributed by atoms with E-state index in [-0.39, 0.29) is 51.3 Å². The fraction of sp³-hybridized carbons (Fsp3) is 0.211. The minimum Gasteiger partial charge on any atom is -0.478 e. The summed E-state index contributed by atoms with van der Waals surface area (Å²) in [6.07, 6.45) is 0.927. The standard InChI is InChI=1S/C16H15NO3.C2H6.CH3.Y/c1-2-11-7-9-12(10-8-11)17-15(18)13-5-3-4-6-14(13)16(19)20;1-2;;/h3-10H,2H2,1H3,(H,17,18)(H,19,20);1-2H3;1H3;/q;;-1;. The van der Waals surface area contributed by atoms with Crippen LogP contribution in [0.4, 0.5) is 5.69 Å². The molecule has 0 heterocycles. The van der Waals surface area contributed by atoms with E-state index in [0.717, 1.165) is 6.42 Å². The number of rotatable bonds is 4. The molecule has 24 heavy (non-hydrogen) atoms. The van der Waals surface area contributed by atoms with Gasteiger partial charge in [0.15, 0.2) is 0 Å². The Morgan fingerprint density at radius 2 is 1.46 bits per heavy atom. The first-order chi connectivity index (χ1) is 10.6. The summed E-state index contributed by atoms with van der Waals surface area (Å²) in [7, 11) is 0. The van der Waals surface area contributed by atoms with Crippen LogP contribution in [0.3, 0.4) is 0 Å². The number of aromatic carboxylic acids is 1. The van der Waals surface area contributed by atoms with Gasteiger partial charge < -0.3 is 17.8 Å². The summed E-state index contributed by atoms with van der Waals surface area (Å²) in [5.74, 6) is -1.54. The summed E-state index contributed by atoms with van der Waals surface area (Å²) in [4.78, 5) is 23.2. The van der Waals surface area contributed by atoms with Gasteiger partial charge >= 0.3 is 5.97 Å². The number of carbonyl (C=O) groups is 2. The molecule has 0 saturated heterocycles. The molecule has 0 aromatic heterocycles. The molecule has 2 N–H and O–H groups in total. The summed E-state index contributed by atoms with van der Waals surface area (Å²) >= 11 is 0. The van der Waals surface area contributed by atoms with Crippen molar-refractivity contribution in [3.05, 3.63) is 72.6 Å². The molecule has 127 valence electrons. The molecule has 0 fully saturated rings. The molecule has 0 unspecified atom stereocenters. The molecule has 0 aliphatic heterocycles. The number of anilines is 1. The molecule has 1 radical (unpaired) electrons. The van der Waals surface area contributed by atoms with Crippen molar-refractivity contribution >= 4 is 17.6 Å². The number of amides is 1. The average Bonchev–Trinajstić information content (AvgIpc) is 2.57. The van der Waals surface area contributed by atoms with Crippen molar-refractivity contribution in [3.8, 4) is 0 Å². The van der Waals surface area contributed by atoms with E-state index in [9.17, 15) is 9.59 Å². The summed E-state index contributed by atoms with van der Waals surface area (Å²) in [5.41, 5.74) is 1.97. The molecule has 0 bridgehead atoms. The SMILES string of the molecule is CC.CCc1ccc(NC(=O)c2ccccc2C(=O)O)cc1.[CH3-].[Y]. The van der Waals surface area contributed by atoms with Crippen LogP contribution in [0.15, 0.2) is 48.5 Å². The number of carbonyl (C=O) groups excluding carboxylic acids is 1. The predicted molar refractivity (Wildman–Crippen MR) is 94.9 cm³/mol. The third-order valence-corrected chi connectivity index (χ3v) is 3.02. The van der Waals surface area contributed by atoms with E-state index < -0.39 is 11.9 Å². The Labute approximate surface area is 169 Å². The van der Waals surface area contributed by atoms with Gasteiger partial charge in [0.2, 0.25) is 0 Å². The third kappa shape index (κ3) is 6.94. The van der Waals surface area contributed by atoms with Crippen LogP contribution in [-0.4, -0.2) is 17.0 Å². The second-order valence-electron chi connectivity index (χ2n) is 4.36. The number of aryl methyl sites for hydroxylation is 1. The van der Waals surface area contributed by atoms with Crippen LogP contribution in [0, 0.1) is 7.43 Å². The zero-order valence-electron chi connectivity index (χ0n) is 14.7. The molecular weight excluding hydrogens is 379 g/mol. The van der Waals surface area contributed by atoms with E-state index in [4.69, 9.17) is 5.11 Å². The first-order valence-electron chi connectivity index (χ1n) is 7.34. The first kappa shape index (κ1) is 24.7. The van der Waals surface area contributed by atoms with Gasteiger partial charge in [-0.1, -0.05) is 45.0 Å². The molecule has 4 nitrogen and oxygen atoms in total. The van der Waals surface area contributed by atoms with Crippen molar-refractivity contribution in [1.29, 1.82) is 0 Å². The minimum absolute atomic E-state index is 0. The molecule has 5 heteroatoms. The molecule has 2 aromatic rings. The number of hydrogen-bond donors (Lipinski definition) is 2. The Hall–Kier alpha value is -1.52. The predicted octanol–water partition coefficient (Wildman–Crippen LogP) is 4.67. The fourth-order valence-electron chi connectivity index (χ4n) is 1.89. The normalized spacial score (nSPS) is 8.62. The van der Waals surface area contributed by atoms with Crippen molar-refractivity contribution in [2.45, 2.75) is 27.2 Å². The van der Waals surface area contributed by atoms with Gasteiger partial charge in [0.05, 0.1) is 11.1 Å². The molecule has 0 spiro atoms. The monoisotopic (exact) mass is 403 g/mol. The van der Waals surface area contributed by atoms with Crippen LogP contribution in [0.25, 0.3) is 0 Å². The van der Waals surface area contributed by atoms with Crippen LogP contribution in [0.2, 0.25) is 0 Å². The van der Waals surface area contributed by atoms with Crippen LogP contribution >= 0.6 is 0 Å². The number of benzene rings is 2. The number of nitrogens with one attached hydrogen (secondary N) is 1. The van der Waals surface area contributed by atoms with Crippen molar-refractivity contribution in [2.24, 2.45) is 0 Å². The zero-order valence-corrected chi connectivity index (χ0v) is 17.5. The van der Waals surface area contributed by atoms with E-state index >= 15 is 0 Å². The summed E-state index contributed by atoms with van der Waals surface area (Å²) in [5, 5.41) is 11.8. The van der Waals surface area contributed by atoms with Gasteiger partial charge in [-0.3, -0.25) is 4.79 Å². The number of carboxylic acid groups (broad SMARTS) is 1. The smallest absolute Gasteiger partial charge is 0.336 e. The molecule has 2 aromatic carbocycles. The molecule has 0 aliphatic rings. The van der Waals surface area contributed by atoms with Crippen LogP contribution in [0.1, 0.15) is 47.1 Å². The van der Waals surface area contributed by atoms with Gasteiger partial charge in [0.25, 0.3) is 5.91 Å². The average molecular weight is 403 g/mol. The van der Waals surface area contributed by atoms with E-state index in [2.05, 4.69) is 12.2 Å². The van der Waals surface area contributed by atoms with Gasteiger partial charge in [-0.15, -0.1) is 0 Å². The van der Waals surface area contributed by atoms with Crippen molar-refractivity contribution in [2.75, 3.05) is 5.32 Å². The van der Waals surface area contributed by atoms with E-state index in [1.807, 2.05) is 26.0 Å². The molecule has 0 saturated carbocycles. The maximum atomic E-state index is 12.1. The largest absolute Gasteiger partial charge is 0.478 e. The first-order valence-corrected chi connectivity index (χ1v) is 7.34. The van der Waals surface area contributed by atoms with E-state index in [1.165, 1.54) is 17.7 Å². The Bertz CT molecular complexity index is 639. The van der Waals surface area contributed by atoms with Gasteiger partial charge in [-0.05, 0) is 36.2 Å². The van der Waals surface area contributed by atoms with Crippen LogP contribution in [-0.2, 0) is 39.1 Å². The summed E-state index contributed by atoms with van der Waals surface area (Å²) < 4.78 is 0. The van der Waals surface area contributed by atoms with Crippen molar-refractivity contribution in [1.82, 2.24) is 0 Å². The molecule has 2 rings (SSSR count). The van der Waals surface area contributed by atoms with E-state index in [1.54, 1.807) is 24.3 Å². The Balaban J connectivity index is 0. The Morgan fingerprint density at radius 1 is 0.958 bits per heavy atom. The summed E-state index contributed by atoms with van der Waals surface area (Å²) in [6, 6.07) is 13.6. The molecule has 1 amide bonds. The molecule has 0 atom stereocenters. The van der Waals surface area contributed by atoms with Gasteiger partial charge in [-0.2, -0.15) is 0 Å². The van der Waals surface area contributed by atoms with Crippen molar-refractivity contribution < 1.29 is 47.4 Å². The van der Waals surface area contributed by atoms with Gasteiger partial charge in [0, 0.05) is 38.4 Å². The fourth-order valence-corrected chi connectivity index (χ4v) is 1.89. The second-order valence-corrected chi connectivity index (χ2v) is 4.36. The number of hydrogen-bond acceptors (Lipinski definition) is 2. The van der Waals surface area contributed by atoms with Gasteiger partial charge in [-0.25, -0.2) is 4.79 Å². The van der Waals surface area contributed by atoms with Crippen LogP contribution in [0.5, 0.6) is 0 Å². The third-order valence-electron chi connectivity index (χ3n) is 3.02. The topological polar surface area (TPSA) is 66.4 Å². The molecule has 0 aliphatic carbocycles. The van der Waals surface area contributed by atoms with Gasteiger partial charge in [0.1, 0.15) is 0 Å². The van der Waals surface area contributed by atoms with Crippen LogP contribution < -0.4 is 5.32 Å². The summed E-state index contributed by atoms with van der Waals surface area (Å²) in [6.45, 7) is 6.05. The quantitative estimate of drug-likeness (QED) is 0.729. The minimum atomic E-state index is -1.11. The second kappa shape index (κ2) is 12.9. The maximum Gasteiger partial charge on any atom is 0.336 e. The maximum absolute atomic E-state index is 12.1. The zero-order chi connectivity index (χ0) is 16.5. The van der Waals surface area contributed by atoms with E-state index in [0.29, 0.717) is 5.69 Å². The molecular formula is C19H24NO3Y-. The Kier molecular flexibility index (Phi) is 13.2. The number of carboxylic acids is 1. The van der Waals surface area contributed by atoms with Crippen molar-refractivity contribution in [3.63, 3.8) is 0 Å².